The molecule has 0 fully saturated rings. The summed E-state index contributed by atoms with van der Waals surface area (Å²) in [4.78, 5) is 24.7. The molecule has 0 aliphatic rings. The zero-order chi connectivity index (χ0) is 17.7. The average molecular weight is 393 g/mol. The van der Waals surface area contributed by atoms with E-state index in [2.05, 4.69) is 15.9 Å². The monoisotopic (exact) mass is 392 g/mol. The Kier molecular flexibility index (Phi) is 5.92. The van der Waals surface area contributed by atoms with Crippen LogP contribution in [0.4, 0.5) is 11.4 Å². The maximum Gasteiger partial charge on any atom is 0.328 e. The van der Waals surface area contributed by atoms with Crippen molar-refractivity contribution in [3.8, 4) is 0 Å². The number of ether oxygens (including phenoxy) is 1. The van der Waals surface area contributed by atoms with Gasteiger partial charge in [0, 0.05) is 17.1 Å². The van der Waals surface area contributed by atoms with Crippen molar-refractivity contribution >= 4 is 33.3 Å². The lowest BCUT2D eigenvalue weighted by molar-refractivity contribution is -0.384. The molecule has 2 aromatic rings. The number of rotatable bonds is 6. The highest BCUT2D eigenvalue weighted by molar-refractivity contribution is 9.10. The van der Waals surface area contributed by atoms with Crippen LogP contribution in [0, 0.1) is 10.1 Å². The Morgan fingerprint density at radius 1 is 1.29 bits per heavy atom. The highest BCUT2D eigenvalue weighted by Crippen LogP contribution is 2.33. The molecule has 0 N–H and O–H groups in total. The van der Waals surface area contributed by atoms with Gasteiger partial charge < -0.3 is 9.64 Å². The fourth-order valence-electron chi connectivity index (χ4n) is 2.39. The third-order valence-corrected chi connectivity index (χ3v) is 4.14. The number of carbonyl (C=O) groups is 1. The predicted molar refractivity (Wildman–Crippen MR) is 94.9 cm³/mol. The highest BCUT2D eigenvalue weighted by atomic mass is 79.9. The van der Waals surface area contributed by atoms with Gasteiger partial charge in [0.05, 0.1) is 12.0 Å². The number of methoxy groups -OCH3 is 1. The maximum atomic E-state index is 12.0. The Balaban J connectivity index is 2.51. The largest absolute Gasteiger partial charge is 0.467 e. The van der Waals surface area contributed by atoms with E-state index in [4.69, 9.17) is 4.74 Å². The predicted octanol–water partition coefficient (Wildman–Crippen LogP) is 3.93. The quantitative estimate of drug-likeness (QED) is 0.423. The molecule has 0 radical (unpaired) electrons. The van der Waals surface area contributed by atoms with E-state index in [1.54, 1.807) is 24.0 Å². The molecule has 0 heterocycles. The first-order chi connectivity index (χ1) is 11.4. The van der Waals surface area contributed by atoms with E-state index in [0.29, 0.717) is 16.7 Å². The minimum atomic E-state index is -0.678. The second-order valence-corrected chi connectivity index (χ2v) is 6.12. The van der Waals surface area contributed by atoms with E-state index in [1.807, 2.05) is 30.3 Å². The van der Waals surface area contributed by atoms with Crippen molar-refractivity contribution < 1.29 is 14.5 Å². The molecule has 0 spiro atoms. The number of carbonyl (C=O) groups excluding carboxylic acids is 1. The molecule has 7 heteroatoms. The van der Waals surface area contributed by atoms with Gasteiger partial charge in [0.25, 0.3) is 5.69 Å². The van der Waals surface area contributed by atoms with Crippen molar-refractivity contribution in [2.75, 3.05) is 12.0 Å². The van der Waals surface area contributed by atoms with Crippen LogP contribution in [-0.2, 0) is 16.1 Å². The van der Waals surface area contributed by atoms with E-state index < -0.39 is 16.9 Å². The lowest BCUT2D eigenvalue weighted by Gasteiger charge is -2.29. The first-order valence-corrected chi connectivity index (χ1v) is 8.05. The van der Waals surface area contributed by atoms with Crippen molar-refractivity contribution in [3.63, 3.8) is 0 Å². The first kappa shape index (κ1) is 17.9. The van der Waals surface area contributed by atoms with Gasteiger partial charge >= 0.3 is 5.97 Å². The first-order valence-electron chi connectivity index (χ1n) is 7.26. The van der Waals surface area contributed by atoms with Gasteiger partial charge in [-0.2, -0.15) is 0 Å². The van der Waals surface area contributed by atoms with E-state index in [9.17, 15) is 14.9 Å². The fourth-order valence-corrected chi connectivity index (χ4v) is 2.74. The molecule has 126 valence electrons. The molecule has 0 aliphatic heterocycles. The number of hydrogen-bond acceptors (Lipinski definition) is 5. The molecule has 2 aromatic carbocycles. The summed E-state index contributed by atoms with van der Waals surface area (Å²) in [6.45, 7) is 2.01. The van der Waals surface area contributed by atoms with Crippen LogP contribution >= 0.6 is 15.9 Å². The number of nitrogens with zero attached hydrogens (tertiary/aromatic N) is 2. The molecule has 2 rings (SSSR count). The molecular weight excluding hydrogens is 376 g/mol. The normalized spacial score (nSPS) is 11.6. The topological polar surface area (TPSA) is 72.7 Å². The molecule has 6 nitrogen and oxygen atoms in total. The lowest BCUT2D eigenvalue weighted by atomic mass is 10.1. The van der Waals surface area contributed by atoms with Gasteiger partial charge in [-0.15, -0.1) is 0 Å². The lowest BCUT2D eigenvalue weighted by Crippen LogP contribution is -2.39. The minimum absolute atomic E-state index is 0.0649. The second-order valence-electron chi connectivity index (χ2n) is 5.20. The third-order valence-electron chi connectivity index (χ3n) is 3.65. The van der Waals surface area contributed by atoms with Gasteiger partial charge in [0.1, 0.15) is 11.7 Å². The second kappa shape index (κ2) is 7.92. The van der Waals surface area contributed by atoms with Gasteiger partial charge in [-0.1, -0.05) is 46.3 Å². The Morgan fingerprint density at radius 2 is 1.96 bits per heavy atom. The summed E-state index contributed by atoms with van der Waals surface area (Å²) in [5, 5.41) is 11.4. The van der Waals surface area contributed by atoms with Crippen LogP contribution in [-0.4, -0.2) is 24.0 Å². The molecule has 0 unspecified atom stereocenters. The SMILES string of the molecule is COC(=O)[C@@H](C)N(Cc1ccccc1)c1cc(Br)ccc1[N+](=O)[O-]. The number of benzene rings is 2. The van der Waals surface area contributed by atoms with E-state index in [1.165, 1.54) is 13.2 Å². The van der Waals surface area contributed by atoms with Gasteiger partial charge in [-0.05, 0) is 24.6 Å². The van der Waals surface area contributed by atoms with Crippen LogP contribution in [0.2, 0.25) is 0 Å². The van der Waals surface area contributed by atoms with Crippen LogP contribution in [0.3, 0.4) is 0 Å². The number of anilines is 1. The van der Waals surface area contributed by atoms with Crippen molar-refractivity contribution in [1.29, 1.82) is 0 Å². The average Bonchev–Trinajstić information content (AvgIpc) is 2.58. The zero-order valence-electron chi connectivity index (χ0n) is 13.3. The van der Waals surface area contributed by atoms with Crippen LogP contribution in [0.25, 0.3) is 0 Å². The van der Waals surface area contributed by atoms with Gasteiger partial charge in [0.15, 0.2) is 0 Å². The number of nitro groups is 1. The number of hydrogen-bond donors (Lipinski definition) is 0. The van der Waals surface area contributed by atoms with Gasteiger partial charge in [-0.3, -0.25) is 10.1 Å². The molecule has 0 bridgehead atoms. The van der Waals surface area contributed by atoms with Crippen molar-refractivity contribution in [2.24, 2.45) is 0 Å². The molecule has 0 saturated heterocycles. The molecule has 0 amide bonds. The van der Waals surface area contributed by atoms with Crippen LogP contribution in [0.5, 0.6) is 0 Å². The molecule has 0 aliphatic carbocycles. The highest BCUT2D eigenvalue weighted by Gasteiger charge is 2.28. The van der Waals surface area contributed by atoms with E-state index in [0.717, 1.165) is 5.56 Å². The summed E-state index contributed by atoms with van der Waals surface area (Å²) in [7, 11) is 1.30. The summed E-state index contributed by atoms with van der Waals surface area (Å²) in [6.07, 6.45) is 0. The Hall–Kier alpha value is -2.41. The summed E-state index contributed by atoms with van der Waals surface area (Å²) >= 11 is 3.34. The number of esters is 1. The van der Waals surface area contributed by atoms with Crippen LogP contribution in [0.1, 0.15) is 12.5 Å². The minimum Gasteiger partial charge on any atom is -0.467 e. The van der Waals surface area contributed by atoms with E-state index in [-0.39, 0.29) is 5.69 Å². The zero-order valence-corrected chi connectivity index (χ0v) is 14.9. The van der Waals surface area contributed by atoms with Crippen molar-refractivity contribution in [2.45, 2.75) is 19.5 Å². The maximum absolute atomic E-state index is 12.0. The smallest absolute Gasteiger partial charge is 0.328 e. The van der Waals surface area contributed by atoms with Crippen LogP contribution < -0.4 is 4.90 Å². The standard InChI is InChI=1S/C17H17BrN2O4/c1-12(17(21)24-2)19(11-13-6-4-3-5-7-13)16-10-14(18)8-9-15(16)20(22)23/h3-10,12H,11H2,1-2H3/t12-/m1/s1. The molecule has 24 heavy (non-hydrogen) atoms. The Labute approximate surface area is 148 Å². The molecular formula is C17H17BrN2O4. The summed E-state index contributed by atoms with van der Waals surface area (Å²) in [5.41, 5.74) is 1.23. The third kappa shape index (κ3) is 4.11. The fraction of sp³-hybridized carbons (Fsp3) is 0.235. The van der Waals surface area contributed by atoms with E-state index >= 15 is 0 Å². The summed E-state index contributed by atoms with van der Waals surface area (Å²) < 4.78 is 5.51. The number of nitro benzene ring substituents is 1. The molecule has 0 saturated carbocycles. The number of halogens is 1. The van der Waals surface area contributed by atoms with Gasteiger partial charge in [-0.25, -0.2) is 4.79 Å². The van der Waals surface area contributed by atoms with Crippen molar-refractivity contribution in [3.05, 3.63) is 68.7 Å². The van der Waals surface area contributed by atoms with Crippen LogP contribution in [0.15, 0.2) is 53.0 Å². The summed E-state index contributed by atoms with van der Waals surface area (Å²) in [6, 6.07) is 13.4. The van der Waals surface area contributed by atoms with Crippen molar-refractivity contribution in [1.82, 2.24) is 0 Å². The molecule has 1 atom stereocenters. The Morgan fingerprint density at radius 3 is 2.54 bits per heavy atom. The van der Waals surface area contributed by atoms with Gasteiger partial charge in [0.2, 0.25) is 0 Å². The Bertz CT molecular complexity index is 737. The molecule has 0 aromatic heterocycles. The summed E-state index contributed by atoms with van der Waals surface area (Å²) in [5.74, 6) is -0.458.